The molecule has 2 heterocycles. The third-order valence-corrected chi connectivity index (χ3v) is 7.84. The number of nitrogens with zero attached hydrogens (tertiary/aromatic N) is 2. The van der Waals surface area contributed by atoms with Gasteiger partial charge in [-0.15, -0.1) is 0 Å². The minimum atomic E-state index is -0.625. The first-order chi connectivity index (χ1) is 15.5. The summed E-state index contributed by atoms with van der Waals surface area (Å²) in [4.78, 5) is 31.7. The summed E-state index contributed by atoms with van der Waals surface area (Å²) in [6, 6.07) is 10.6. The number of hydrogen-bond donors (Lipinski definition) is 1. The quantitative estimate of drug-likeness (QED) is 0.619. The molecule has 1 aliphatic carbocycles. The molecule has 2 aliphatic heterocycles. The molecule has 5 nitrogen and oxygen atoms in total. The highest BCUT2D eigenvalue weighted by Crippen LogP contribution is 2.39. The number of carbonyl (C=O) groups is 2. The molecule has 1 spiro atoms. The monoisotopic (exact) mass is 439 g/mol. The van der Waals surface area contributed by atoms with E-state index in [0.29, 0.717) is 5.92 Å². The summed E-state index contributed by atoms with van der Waals surface area (Å²) in [6.45, 7) is 7.14. The smallest absolute Gasteiger partial charge is 0.246 e. The number of hydrogen-bond acceptors (Lipinski definition) is 3. The summed E-state index contributed by atoms with van der Waals surface area (Å²) in [6.07, 6.45) is 10.2. The van der Waals surface area contributed by atoms with Gasteiger partial charge in [0.2, 0.25) is 11.8 Å². The van der Waals surface area contributed by atoms with Crippen LogP contribution < -0.4 is 5.32 Å². The fourth-order valence-electron chi connectivity index (χ4n) is 6.09. The van der Waals surface area contributed by atoms with Crippen molar-refractivity contribution < 1.29 is 9.59 Å². The molecule has 4 rings (SSSR count). The average molecular weight is 440 g/mol. The summed E-state index contributed by atoms with van der Waals surface area (Å²) in [7, 11) is 0. The maximum Gasteiger partial charge on any atom is 0.246 e. The molecule has 1 aromatic carbocycles. The number of amides is 2. The number of benzene rings is 1. The molecule has 2 saturated heterocycles. The molecule has 5 heteroatoms. The van der Waals surface area contributed by atoms with Crippen LogP contribution in [0.4, 0.5) is 0 Å². The van der Waals surface area contributed by atoms with Gasteiger partial charge in [-0.3, -0.25) is 9.59 Å². The predicted octanol–water partition coefficient (Wildman–Crippen LogP) is 4.16. The van der Waals surface area contributed by atoms with Crippen molar-refractivity contribution in [3.63, 3.8) is 0 Å². The summed E-state index contributed by atoms with van der Waals surface area (Å²) in [5.74, 6) is 0.682. The van der Waals surface area contributed by atoms with E-state index >= 15 is 0 Å². The Balaban J connectivity index is 1.36. The van der Waals surface area contributed by atoms with E-state index in [9.17, 15) is 9.59 Å². The highest BCUT2D eigenvalue weighted by molar-refractivity contribution is 6.00. The van der Waals surface area contributed by atoms with Crippen LogP contribution in [-0.4, -0.2) is 58.9 Å². The number of carbonyl (C=O) groups excluding carboxylic acids is 2. The van der Waals surface area contributed by atoms with Gasteiger partial charge in [-0.2, -0.15) is 0 Å². The normalized spacial score (nSPS) is 24.5. The molecule has 0 unspecified atom stereocenters. The van der Waals surface area contributed by atoms with Gasteiger partial charge in [-0.1, -0.05) is 57.0 Å². The highest BCUT2D eigenvalue weighted by Gasteiger charge is 2.55. The zero-order valence-corrected chi connectivity index (χ0v) is 20.0. The van der Waals surface area contributed by atoms with Crippen molar-refractivity contribution in [2.45, 2.75) is 95.7 Å². The third kappa shape index (κ3) is 5.03. The Morgan fingerprint density at radius 3 is 2.38 bits per heavy atom. The second-order valence-electron chi connectivity index (χ2n) is 10.6. The molecule has 0 aromatic heterocycles. The zero-order chi connectivity index (χ0) is 22.6. The maximum absolute atomic E-state index is 13.6. The van der Waals surface area contributed by atoms with E-state index < -0.39 is 5.54 Å². The summed E-state index contributed by atoms with van der Waals surface area (Å²) in [5.41, 5.74) is 0.783. The van der Waals surface area contributed by atoms with Crippen LogP contribution >= 0.6 is 0 Å². The average Bonchev–Trinajstić information content (AvgIpc) is 3.31. The van der Waals surface area contributed by atoms with E-state index in [1.165, 1.54) is 31.2 Å². The van der Waals surface area contributed by atoms with Crippen LogP contribution in [0, 0.1) is 5.92 Å². The molecule has 1 aromatic rings. The Hall–Kier alpha value is -1.88. The van der Waals surface area contributed by atoms with Gasteiger partial charge in [0.1, 0.15) is 11.6 Å². The summed E-state index contributed by atoms with van der Waals surface area (Å²) in [5, 5.41) is 3.15. The standard InChI is InChI=1S/C27H41N3O2/c1-21(2)20-24-25(31)30(23-13-6-7-14-23)27(26(32)28-24)15-18-29(19-16-27)17-9-8-12-22-10-4-3-5-11-22/h3-5,10-11,21,23-24H,6-9,12-20H2,1-2H3,(H,28,32)/t24-/m0/s1. The van der Waals surface area contributed by atoms with Gasteiger partial charge < -0.3 is 15.1 Å². The lowest BCUT2D eigenvalue weighted by Gasteiger charge is -2.54. The minimum Gasteiger partial charge on any atom is -0.342 e. The van der Waals surface area contributed by atoms with Gasteiger partial charge in [0.15, 0.2) is 0 Å². The van der Waals surface area contributed by atoms with Gasteiger partial charge in [0.05, 0.1) is 0 Å². The molecule has 0 bridgehead atoms. The van der Waals surface area contributed by atoms with Crippen molar-refractivity contribution in [3.8, 4) is 0 Å². The van der Waals surface area contributed by atoms with Crippen molar-refractivity contribution in [3.05, 3.63) is 35.9 Å². The second-order valence-corrected chi connectivity index (χ2v) is 10.6. The predicted molar refractivity (Wildman–Crippen MR) is 128 cm³/mol. The van der Waals surface area contributed by atoms with Crippen LogP contribution in [0.5, 0.6) is 0 Å². The maximum atomic E-state index is 13.6. The fraction of sp³-hybridized carbons (Fsp3) is 0.704. The van der Waals surface area contributed by atoms with E-state index in [4.69, 9.17) is 0 Å². The molecule has 0 radical (unpaired) electrons. The number of nitrogens with one attached hydrogen (secondary N) is 1. The molecule has 3 aliphatic rings. The first kappa shape index (κ1) is 23.3. The van der Waals surface area contributed by atoms with Gasteiger partial charge in [0, 0.05) is 19.1 Å². The summed E-state index contributed by atoms with van der Waals surface area (Å²) >= 11 is 0. The molecule has 3 fully saturated rings. The van der Waals surface area contributed by atoms with Crippen LogP contribution in [0.25, 0.3) is 0 Å². The molecular weight excluding hydrogens is 398 g/mol. The van der Waals surface area contributed by atoms with E-state index in [0.717, 1.165) is 58.2 Å². The Morgan fingerprint density at radius 1 is 1.03 bits per heavy atom. The van der Waals surface area contributed by atoms with Crippen molar-refractivity contribution in [1.29, 1.82) is 0 Å². The van der Waals surface area contributed by atoms with E-state index in [1.54, 1.807) is 0 Å². The fourth-order valence-corrected chi connectivity index (χ4v) is 6.09. The van der Waals surface area contributed by atoms with Crippen molar-refractivity contribution >= 4 is 11.8 Å². The Morgan fingerprint density at radius 2 is 1.72 bits per heavy atom. The Labute approximate surface area is 193 Å². The number of aryl methyl sites for hydroxylation is 1. The molecule has 1 N–H and O–H groups in total. The summed E-state index contributed by atoms with van der Waals surface area (Å²) < 4.78 is 0. The van der Waals surface area contributed by atoms with Gasteiger partial charge in [0.25, 0.3) is 0 Å². The van der Waals surface area contributed by atoms with Crippen LogP contribution in [0.15, 0.2) is 30.3 Å². The first-order valence-electron chi connectivity index (χ1n) is 12.9. The van der Waals surface area contributed by atoms with E-state index in [2.05, 4.69) is 59.3 Å². The SMILES string of the molecule is CC(C)C[C@@H]1NC(=O)C2(CCN(CCCCc3ccccc3)CC2)N(C2CCCC2)C1=O. The number of unbranched alkanes of at least 4 members (excludes halogenated alkanes) is 1. The molecule has 2 amide bonds. The number of likely N-dealkylation sites (tertiary alicyclic amines) is 1. The van der Waals surface area contributed by atoms with Gasteiger partial charge in [-0.25, -0.2) is 0 Å². The first-order valence-corrected chi connectivity index (χ1v) is 12.9. The Kier molecular flexibility index (Phi) is 7.55. The van der Waals surface area contributed by atoms with Gasteiger partial charge >= 0.3 is 0 Å². The Bertz CT molecular complexity index is 764. The van der Waals surface area contributed by atoms with Gasteiger partial charge in [-0.05, 0) is 69.4 Å². The van der Waals surface area contributed by atoms with E-state index in [1.807, 2.05) is 0 Å². The lowest BCUT2D eigenvalue weighted by atomic mass is 9.79. The molecular formula is C27H41N3O2. The molecule has 1 saturated carbocycles. The molecule has 1 atom stereocenters. The van der Waals surface area contributed by atoms with E-state index in [-0.39, 0.29) is 23.9 Å². The third-order valence-electron chi connectivity index (χ3n) is 7.84. The molecule has 32 heavy (non-hydrogen) atoms. The zero-order valence-electron chi connectivity index (χ0n) is 20.0. The van der Waals surface area contributed by atoms with Crippen molar-refractivity contribution in [2.24, 2.45) is 5.92 Å². The van der Waals surface area contributed by atoms with Crippen molar-refractivity contribution in [2.75, 3.05) is 19.6 Å². The molecule has 176 valence electrons. The lowest BCUT2D eigenvalue weighted by Crippen LogP contribution is -2.74. The number of rotatable bonds is 8. The minimum absolute atomic E-state index is 0.110. The van der Waals surface area contributed by atoms with Crippen LogP contribution in [-0.2, 0) is 16.0 Å². The number of piperazine rings is 1. The van der Waals surface area contributed by atoms with Crippen LogP contribution in [0.3, 0.4) is 0 Å². The second kappa shape index (κ2) is 10.4. The van der Waals surface area contributed by atoms with Crippen molar-refractivity contribution in [1.82, 2.24) is 15.1 Å². The largest absolute Gasteiger partial charge is 0.342 e. The van der Waals surface area contributed by atoms with Crippen LogP contribution in [0.1, 0.15) is 77.2 Å². The number of piperidine rings is 1. The van der Waals surface area contributed by atoms with Crippen LogP contribution in [0.2, 0.25) is 0 Å². The highest BCUT2D eigenvalue weighted by atomic mass is 16.2. The lowest BCUT2D eigenvalue weighted by molar-refractivity contribution is -0.165. The topological polar surface area (TPSA) is 52.7 Å².